The first kappa shape index (κ1) is 18.5. The Labute approximate surface area is 153 Å². The highest BCUT2D eigenvalue weighted by Gasteiger charge is 2.23. The lowest BCUT2D eigenvalue weighted by atomic mass is 10.1. The van der Waals surface area contributed by atoms with Crippen LogP contribution in [0.4, 0.5) is 4.39 Å². The SMILES string of the molecule is CC(O)CNC(=O)c1c(O)c2ncccc2n(Cc2ccc(F)cc2)c1=O. The number of hydrogen-bond acceptors (Lipinski definition) is 5. The Morgan fingerprint density at radius 2 is 2.00 bits per heavy atom. The number of amides is 1. The summed E-state index contributed by atoms with van der Waals surface area (Å²) in [7, 11) is 0. The first-order valence-electron chi connectivity index (χ1n) is 8.29. The number of pyridine rings is 2. The van der Waals surface area contributed by atoms with Gasteiger partial charge >= 0.3 is 0 Å². The fraction of sp³-hybridized carbons (Fsp3) is 0.211. The summed E-state index contributed by atoms with van der Waals surface area (Å²) in [5, 5.41) is 22.2. The number of nitrogens with one attached hydrogen (secondary N) is 1. The van der Waals surface area contributed by atoms with Gasteiger partial charge in [-0.3, -0.25) is 14.6 Å². The molecule has 2 heterocycles. The van der Waals surface area contributed by atoms with Crippen molar-refractivity contribution in [3.05, 3.63) is 69.9 Å². The average molecular weight is 371 g/mol. The minimum absolute atomic E-state index is 0.0677. The van der Waals surface area contributed by atoms with Gasteiger partial charge in [-0.25, -0.2) is 4.39 Å². The van der Waals surface area contributed by atoms with E-state index in [9.17, 15) is 24.2 Å². The number of nitrogens with zero attached hydrogens (tertiary/aromatic N) is 2. The van der Waals surface area contributed by atoms with Gasteiger partial charge in [0.1, 0.15) is 16.9 Å². The molecule has 7 nitrogen and oxygen atoms in total. The predicted molar refractivity (Wildman–Crippen MR) is 97.2 cm³/mol. The molecule has 3 rings (SSSR count). The van der Waals surface area contributed by atoms with E-state index in [-0.39, 0.29) is 18.6 Å². The van der Waals surface area contributed by atoms with E-state index in [1.807, 2.05) is 0 Å². The van der Waals surface area contributed by atoms with Gasteiger partial charge < -0.3 is 20.1 Å². The lowest BCUT2D eigenvalue weighted by molar-refractivity contribution is 0.0919. The smallest absolute Gasteiger partial charge is 0.268 e. The number of rotatable bonds is 5. The van der Waals surface area contributed by atoms with Gasteiger partial charge in [-0.15, -0.1) is 0 Å². The first-order valence-corrected chi connectivity index (χ1v) is 8.29. The van der Waals surface area contributed by atoms with Crippen molar-refractivity contribution in [3.63, 3.8) is 0 Å². The fourth-order valence-electron chi connectivity index (χ4n) is 2.72. The molecule has 0 saturated heterocycles. The summed E-state index contributed by atoms with van der Waals surface area (Å²) in [4.78, 5) is 29.4. The van der Waals surface area contributed by atoms with Crippen molar-refractivity contribution < 1.29 is 19.4 Å². The third-order valence-corrected chi connectivity index (χ3v) is 4.04. The second-order valence-electron chi connectivity index (χ2n) is 6.17. The van der Waals surface area contributed by atoms with Gasteiger partial charge in [0.15, 0.2) is 5.75 Å². The highest BCUT2D eigenvalue weighted by molar-refractivity contribution is 6.01. The van der Waals surface area contributed by atoms with Crippen LogP contribution in [-0.2, 0) is 6.54 Å². The minimum atomic E-state index is -0.809. The van der Waals surface area contributed by atoms with Gasteiger partial charge in [-0.2, -0.15) is 0 Å². The van der Waals surface area contributed by atoms with Crippen LogP contribution in [0.25, 0.3) is 11.0 Å². The Bertz CT molecular complexity index is 1050. The van der Waals surface area contributed by atoms with Crippen LogP contribution in [0.15, 0.2) is 47.4 Å². The summed E-state index contributed by atoms with van der Waals surface area (Å²) in [6.45, 7) is 1.48. The van der Waals surface area contributed by atoms with Gasteiger partial charge in [0, 0.05) is 12.7 Å². The Balaban J connectivity index is 2.15. The van der Waals surface area contributed by atoms with Gasteiger partial charge in [-0.1, -0.05) is 12.1 Å². The van der Waals surface area contributed by atoms with Crippen LogP contribution in [0.3, 0.4) is 0 Å². The second-order valence-corrected chi connectivity index (χ2v) is 6.17. The molecule has 0 aliphatic rings. The Morgan fingerprint density at radius 1 is 1.30 bits per heavy atom. The van der Waals surface area contributed by atoms with E-state index >= 15 is 0 Å². The lowest BCUT2D eigenvalue weighted by Gasteiger charge is -2.15. The molecule has 0 radical (unpaired) electrons. The summed E-state index contributed by atoms with van der Waals surface area (Å²) in [6.07, 6.45) is 0.628. The zero-order valence-electron chi connectivity index (χ0n) is 14.5. The number of halogens is 1. The van der Waals surface area contributed by atoms with Crippen LogP contribution in [0, 0.1) is 5.82 Å². The average Bonchev–Trinajstić information content (AvgIpc) is 2.65. The molecule has 0 aliphatic heterocycles. The lowest BCUT2D eigenvalue weighted by Crippen LogP contribution is -2.36. The third kappa shape index (κ3) is 3.80. The van der Waals surface area contributed by atoms with Crippen LogP contribution in [0.2, 0.25) is 0 Å². The van der Waals surface area contributed by atoms with E-state index in [1.54, 1.807) is 12.1 Å². The largest absolute Gasteiger partial charge is 0.505 e. The molecule has 1 aromatic carbocycles. The minimum Gasteiger partial charge on any atom is -0.505 e. The maximum Gasteiger partial charge on any atom is 0.268 e. The number of carbonyl (C=O) groups excluding carboxylic acids is 1. The molecule has 0 saturated carbocycles. The Kier molecular flexibility index (Phi) is 5.18. The molecular formula is C19H18FN3O4. The molecule has 1 atom stereocenters. The molecule has 27 heavy (non-hydrogen) atoms. The number of aromatic nitrogens is 2. The summed E-state index contributed by atoms with van der Waals surface area (Å²) < 4.78 is 14.4. The number of aliphatic hydroxyl groups excluding tert-OH is 1. The van der Waals surface area contributed by atoms with Gasteiger partial charge in [-0.05, 0) is 36.8 Å². The van der Waals surface area contributed by atoms with Crippen molar-refractivity contribution in [3.8, 4) is 5.75 Å². The van der Waals surface area contributed by atoms with Gasteiger partial charge in [0.2, 0.25) is 0 Å². The molecule has 3 N–H and O–H groups in total. The maximum absolute atomic E-state index is 13.1. The fourth-order valence-corrected chi connectivity index (χ4v) is 2.72. The number of aromatic hydroxyl groups is 1. The molecule has 140 valence electrons. The van der Waals surface area contributed by atoms with E-state index in [2.05, 4.69) is 10.3 Å². The standard InChI is InChI=1S/C19H18FN3O4/c1-11(24)9-22-18(26)15-17(25)16-14(3-2-8-21-16)23(19(15)27)10-12-4-6-13(20)7-5-12/h2-8,11,24-25H,9-10H2,1H3,(H,22,26). The molecule has 0 spiro atoms. The molecule has 8 heteroatoms. The van der Waals surface area contributed by atoms with Crippen molar-refractivity contribution in [1.29, 1.82) is 0 Å². The Morgan fingerprint density at radius 3 is 2.67 bits per heavy atom. The van der Waals surface area contributed by atoms with Crippen LogP contribution >= 0.6 is 0 Å². The molecular weight excluding hydrogens is 353 g/mol. The molecule has 0 fully saturated rings. The maximum atomic E-state index is 13.1. The van der Waals surface area contributed by atoms with Crippen molar-refractivity contribution in [2.24, 2.45) is 0 Å². The van der Waals surface area contributed by atoms with E-state index in [0.29, 0.717) is 11.1 Å². The zero-order valence-corrected chi connectivity index (χ0v) is 14.5. The van der Waals surface area contributed by atoms with Crippen LogP contribution in [0.5, 0.6) is 5.75 Å². The van der Waals surface area contributed by atoms with Gasteiger partial charge in [0.05, 0.1) is 18.2 Å². The monoisotopic (exact) mass is 371 g/mol. The van der Waals surface area contributed by atoms with Crippen LogP contribution in [0.1, 0.15) is 22.8 Å². The van der Waals surface area contributed by atoms with E-state index in [4.69, 9.17) is 0 Å². The zero-order chi connectivity index (χ0) is 19.6. The first-order chi connectivity index (χ1) is 12.9. The summed E-state index contributed by atoms with van der Waals surface area (Å²) in [6, 6.07) is 8.82. The number of hydrogen-bond donors (Lipinski definition) is 3. The van der Waals surface area contributed by atoms with Gasteiger partial charge in [0.25, 0.3) is 11.5 Å². The van der Waals surface area contributed by atoms with Crippen LogP contribution < -0.4 is 10.9 Å². The van der Waals surface area contributed by atoms with Crippen molar-refractivity contribution in [2.45, 2.75) is 19.6 Å². The predicted octanol–water partition coefficient (Wildman–Crippen LogP) is 1.40. The molecule has 2 aromatic heterocycles. The molecule has 1 amide bonds. The quantitative estimate of drug-likeness (QED) is 0.629. The van der Waals surface area contributed by atoms with Crippen molar-refractivity contribution >= 4 is 16.9 Å². The van der Waals surface area contributed by atoms with E-state index in [1.165, 1.54) is 42.0 Å². The highest BCUT2D eigenvalue weighted by Crippen LogP contribution is 2.24. The highest BCUT2D eigenvalue weighted by atomic mass is 19.1. The van der Waals surface area contributed by atoms with E-state index in [0.717, 1.165) is 0 Å². The van der Waals surface area contributed by atoms with Crippen molar-refractivity contribution in [1.82, 2.24) is 14.9 Å². The van der Waals surface area contributed by atoms with E-state index < -0.39 is 34.7 Å². The number of aliphatic hydroxyl groups is 1. The molecule has 3 aromatic rings. The number of carbonyl (C=O) groups is 1. The van der Waals surface area contributed by atoms with Crippen LogP contribution in [-0.4, -0.2) is 38.3 Å². The molecule has 0 bridgehead atoms. The Hall–Kier alpha value is -3.26. The second kappa shape index (κ2) is 7.55. The number of benzene rings is 1. The summed E-state index contributed by atoms with van der Waals surface area (Å²) in [5.74, 6) is -1.73. The number of fused-ring (bicyclic) bond motifs is 1. The van der Waals surface area contributed by atoms with Crippen molar-refractivity contribution in [2.75, 3.05) is 6.54 Å². The summed E-state index contributed by atoms with van der Waals surface area (Å²) in [5.41, 5.74) is -0.0770. The normalized spacial score (nSPS) is 12.1. The topological polar surface area (TPSA) is 104 Å². The third-order valence-electron chi connectivity index (χ3n) is 4.04. The summed E-state index contributed by atoms with van der Waals surface area (Å²) >= 11 is 0. The molecule has 1 unspecified atom stereocenters. The molecule has 0 aliphatic carbocycles.